The summed E-state index contributed by atoms with van der Waals surface area (Å²) in [5, 5.41) is 12.3. The predicted molar refractivity (Wildman–Crippen MR) is 121 cm³/mol. The maximum absolute atomic E-state index is 12.8. The molecule has 9 heteroatoms. The Hall–Kier alpha value is -3.04. The van der Waals surface area contributed by atoms with E-state index in [1.54, 1.807) is 4.68 Å². The van der Waals surface area contributed by atoms with Crippen LogP contribution in [0.5, 0.6) is 0 Å². The number of nitrogens with zero attached hydrogens (tertiary/aromatic N) is 5. The molecule has 0 aromatic carbocycles. The molecular weight excluding hydrogens is 410 g/mol. The lowest BCUT2D eigenvalue weighted by Crippen LogP contribution is -2.49. The summed E-state index contributed by atoms with van der Waals surface area (Å²) >= 11 is 1.41. The number of carbonyl (C=O) groups is 1. The Balaban J connectivity index is 1.42. The molecule has 0 unspecified atom stereocenters. The molecule has 0 aliphatic heterocycles. The number of hydrogen-bond donors (Lipinski definition) is 2. The van der Waals surface area contributed by atoms with Crippen LogP contribution in [-0.2, 0) is 7.05 Å². The van der Waals surface area contributed by atoms with Crippen molar-refractivity contribution >= 4 is 22.8 Å². The second-order valence-electron chi connectivity index (χ2n) is 8.16. The fraction of sp³-hybridized carbons (Fsp3) is 0.364. The third-order valence-electron chi connectivity index (χ3n) is 5.94. The van der Waals surface area contributed by atoms with Gasteiger partial charge in [0.2, 0.25) is 0 Å². The summed E-state index contributed by atoms with van der Waals surface area (Å²) in [5.74, 6) is -0.142. The second kappa shape index (κ2) is 7.90. The van der Waals surface area contributed by atoms with Gasteiger partial charge in [-0.3, -0.25) is 9.48 Å². The van der Waals surface area contributed by atoms with E-state index in [1.165, 1.54) is 11.3 Å². The number of carbonyl (C=O) groups excluding carboxylic acids is 1. The van der Waals surface area contributed by atoms with E-state index in [-0.39, 0.29) is 18.0 Å². The van der Waals surface area contributed by atoms with Crippen LogP contribution in [-0.4, -0.2) is 42.4 Å². The molecule has 0 radical (unpaired) electrons. The van der Waals surface area contributed by atoms with E-state index in [0.717, 1.165) is 58.5 Å². The zero-order valence-electron chi connectivity index (χ0n) is 17.6. The number of nitrogens with two attached hydrogens (primary N) is 1. The van der Waals surface area contributed by atoms with Gasteiger partial charge in [0.1, 0.15) is 0 Å². The highest BCUT2D eigenvalue weighted by atomic mass is 32.1. The van der Waals surface area contributed by atoms with Gasteiger partial charge in [0, 0.05) is 53.1 Å². The number of rotatable bonds is 4. The third-order valence-corrected chi connectivity index (χ3v) is 6.91. The molecule has 0 spiro atoms. The van der Waals surface area contributed by atoms with Crippen molar-refractivity contribution in [3.63, 3.8) is 0 Å². The highest BCUT2D eigenvalue weighted by Gasteiger charge is 2.26. The molecule has 1 amide bonds. The second-order valence-corrected chi connectivity index (χ2v) is 9.36. The maximum atomic E-state index is 12.8. The summed E-state index contributed by atoms with van der Waals surface area (Å²) < 4.78 is 3.62. The van der Waals surface area contributed by atoms with E-state index >= 15 is 0 Å². The lowest BCUT2D eigenvalue weighted by atomic mass is 9.91. The van der Waals surface area contributed by atoms with Crippen molar-refractivity contribution in [2.45, 2.75) is 44.7 Å². The minimum Gasteiger partial charge on any atom is -0.346 e. The number of amides is 1. The van der Waals surface area contributed by atoms with Crippen LogP contribution in [0.1, 0.15) is 40.4 Å². The number of nitrogens with one attached hydrogen (secondary N) is 1. The van der Waals surface area contributed by atoms with Gasteiger partial charge in [-0.15, -0.1) is 11.3 Å². The van der Waals surface area contributed by atoms with Crippen molar-refractivity contribution in [2.75, 3.05) is 0 Å². The normalized spacial score (nSPS) is 19.1. The van der Waals surface area contributed by atoms with Gasteiger partial charge in [0.15, 0.2) is 5.01 Å². The third kappa shape index (κ3) is 3.75. The fourth-order valence-corrected chi connectivity index (χ4v) is 5.05. The van der Waals surface area contributed by atoms with E-state index < -0.39 is 0 Å². The van der Waals surface area contributed by atoms with Gasteiger partial charge < -0.3 is 11.1 Å². The predicted octanol–water partition coefficient (Wildman–Crippen LogP) is 3.17. The average molecular weight is 436 g/mol. The molecule has 1 saturated carbocycles. The zero-order chi connectivity index (χ0) is 21.5. The minimum absolute atomic E-state index is 0.0202. The Labute approximate surface area is 184 Å². The van der Waals surface area contributed by atoms with Crippen LogP contribution in [0.25, 0.3) is 27.9 Å². The molecule has 31 heavy (non-hydrogen) atoms. The lowest BCUT2D eigenvalue weighted by molar-refractivity contribution is 0.0921. The summed E-state index contributed by atoms with van der Waals surface area (Å²) in [6.45, 7) is 1.99. The Morgan fingerprint density at radius 1 is 1.16 bits per heavy atom. The molecule has 5 rings (SSSR count). The van der Waals surface area contributed by atoms with Gasteiger partial charge in [0.25, 0.3) is 5.91 Å². The molecule has 1 fully saturated rings. The quantitative estimate of drug-likeness (QED) is 0.512. The van der Waals surface area contributed by atoms with Gasteiger partial charge in [-0.1, -0.05) is 18.9 Å². The van der Waals surface area contributed by atoms with Crippen molar-refractivity contribution in [1.29, 1.82) is 0 Å². The Bertz CT molecular complexity index is 1250. The van der Waals surface area contributed by atoms with E-state index in [1.807, 2.05) is 49.3 Å². The van der Waals surface area contributed by atoms with Gasteiger partial charge in [-0.2, -0.15) is 10.2 Å². The van der Waals surface area contributed by atoms with E-state index in [4.69, 9.17) is 5.73 Å². The first-order valence-electron chi connectivity index (χ1n) is 10.5. The first-order valence-corrected chi connectivity index (χ1v) is 11.3. The average Bonchev–Trinajstić information content (AvgIpc) is 3.47. The smallest absolute Gasteiger partial charge is 0.280 e. The number of aromatic nitrogens is 5. The molecule has 1 aliphatic rings. The van der Waals surface area contributed by atoms with Crippen LogP contribution in [0.4, 0.5) is 0 Å². The summed E-state index contributed by atoms with van der Waals surface area (Å²) in [6.07, 6.45) is 11.7. The monoisotopic (exact) mass is 435 g/mol. The fourth-order valence-electron chi connectivity index (χ4n) is 4.22. The van der Waals surface area contributed by atoms with E-state index in [9.17, 15) is 4.79 Å². The van der Waals surface area contributed by atoms with Crippen molar-refractivity contribution in [1.82, 2.24) is 29.7 Å². The first-order chi connectivity index (χ1) is 15.0. The van der Waals surface area contributed by atoms with Crippen LogP contribution in [0, 0.1) is 6.92 Å². The molecule has 160 valence electrons. The maximum Gasteiger partial charge on any atom is 0.280 e. The molecule has 0 bridgehead atoms. The molecular formula is C22H25N7OS. The molecule has 4 aromatic rings. The SMILES string of the molecule is Cc1sc(C(=O)N[C@H]2CCCC[C@H]2N)nc1-c1cnn2cc(-c3cnn(C)c3)ccc12. The highest BCUT2D eigenvalue weighted by molar-refractivity contribution is 7.14. The topological polar surface area (TPSA) is 103 Å². The molecule has 1 aliphatic carbocycles. The zero-order valence-corrected chi connectivity index (χ0v) is 18.4. The number of hydrogen-bond acceptors (Lipinski definition) is 6. The minimum atomic E-state index is -0.142. The van der Waals surface area contributed by atoms with E-state index in [2.05, 4.69) is 26.6 Å². The number of aryl methyl sites for hydroxylation is 2. The van der Waals surface area contributed by atoms with Crippen molar-refractivity contribution in [3.8, 4) is 22.4 Å². The molecule has 3 N–H and O–H groups in total. The van der Waals surface area contributed by atoms with Crippen LogP contribution < -0.4 is 11.1 Å². The van der Waals surface area contributed by atoms with Crippen LogP contribution in [0.3, 0.4) is 0 Å². The van der Waals surface area contributed by atoms with Crippen LogP contribution >= 0.6 is 11.3 Å². The van der Waals surface area contributed by atoms with Gasteiger partial charge in [-0.05, 0) is 25.8 Å². The Morgan fingerprint density at radius 2 is 2.00 bits per heavy atom. The molecule has 0 saturated heterocycles. The molecule has 4 heterocycles. The number of thiazole rings is 1. The van der Waals surface area contributed by atoms with Crippen LogP contribution in [0.2, 0.25) is 0 Å². The van der Waals surface area contributed by atoms with Gasteiger partial charge in [0.05, 0.1) is 23.6 Å². The summed E-state index contributed by atoms with van der Waals surface area (Å²) in [5.41, 5.74) is 10.9. The molecule has 2 atom stereocenters. The summed E-state index contributed by atoms with van der Waals surface area (Å²) in [7, 11) is 1.90. The molecule has 8 nitrogen and oxygen atoms in total. The standard InChI is InChI=1S/C22H25N7OS/c1-13-20(27-22(31-13)21(30)26-18-6-4-3-5-17(18)23)16-10-25-29-12-14(7-8-19(16)29)15-9-24-28(2)11-15/h7-12,17-18H,3-6,23H2,1-2H3,(H,26,30)/t17-,18+/m1/s1. The molecule has 4 aromatic heterocycles. The van der Waals surface area contributed by atoms with E-state index in [0.29, 0.717) is 5.01 Å². The van der Waals surface area contributed by atoms with Crippen molar-refractivity contribution in [2.24, 2.45) is 12.8 Å². The highest BCUT2D eigenvalue weighted by Crippen LogP contribution is 2.32. The van der Waals surface area contributed by atoms with Gasteiger partial charge in [-0.25, -0.2) is 9.50 Å². The summed E-state index contributed by atoms with van der Waals surface area (Å²) in [6, 6.07) is 4.13. The van der Waals surface area contributed by atoms with Gasteiger partial charge >= 0.3 is 0 Å². The largest absolute Gasteiger partial charge is 0.346 e. The van der Waals surface area contributed by atoms with Crippen molar-refractivity contribution < 1.29 is 4.79 Å². The summed E-state index contributed by atoms with van der Waals surface area (Å²) in [4.78, 5) is 18.5. The van der Waals surface area contributed by atoms with Crippen LogP contribution in [0.15, 0.2) is 36.9 Å². The number of fused-ring (bicyclic) bond motifs is 1. The van der Waals surface area contributed by atoms with Crippen molar-refractivity contribution in [3.05, 3.63) is 46.8 Å². The Morgan fingerprint density at radius 3 is 2.77 bits per heavy atom. The Kier molecular flexibility index (Phi) is 5.07. The lowest BCUT2D eigenvalue weighted by Gasteiger charge is -2.28. The first kappa shape index (κ1) is 19.9. The number of pyridine rings is 1.